The van der Waals surface area contributed by atoms with Crippen LogP contribution in [0.15, 0.2) is 24.3 Å². The summed E-state index contributed by atoms with van der Waals surface area (Å²) in [4.78, 5) is 13.2. The van der Waals surface area contributed by atoms with E-state index in [1.54, 1.807) is 14.0 Å². The van der Waals surface area contributed by atoms with Crippen molar-refractivity contribution < 1.29 is 14.6 Å². The molecule has 0 aliphatic carbocycles. The van der Waals surface area contributed by atoms with Crippen LogP contribution in [0.3, 0.4) is 0 Å². The first-order valence-electron chi connectivity index (χ1n) is 5.60. The van der Waals surface area contributed by atoms with Crippen LogP contribution in [0.1, 0.15) is 12.5 Å². The van der Waals surface area contributed by atoms with Gasteiger partial charge in [-0.15, -0.1) is 0 Å². The first kappa shape index (κ1) is 13.5. The van der Waals surface area contributed by atoms with Crippen molar-refractivity contribution in [2.75, 3.05) is 20.3 Å². The van der Waals surface area contributed by atoms with E-state index in [1.807, 2.05) is 31.2 Å². The van der Waals surface area contributed by atoms with Gasteiger partial charge in [0.1, 0.15) is 5.75 Å². The number of hydrogen-bond acceptors (Lipinski definition) is 3. The maximum Gasteiger partial charge on any atom is 0.260 e. The number of benzene rings is 1. The summed E-state index contributed by atoms with van der Waals surface area (Å²) in [6.07, 6.45) is 0. The van der Waals surface area contributed by atoms with Gasteiger partial charge in [0.05, 0.1) is 12.6 Å². The Bertz CT molecular complexity index is 361. The van der Waals surface area contributed by atoms with Crippen LogP contribution in [0.2, 0.25) is 0 Å². The van der Waals surface area contributed by atoms with Crippen LogP contribution in [-0.2, 0) is 4.79 Å². The lowest BCUT2D eigenvalue weighted by Crippen LogP contribution is -2.40. The fraction of sp³-hybridized carbons (Fsp3) is 0.462. The van der Waals surface area contributed by atoms with E-state index >= 15 is 0 Å². The largest absolute Gasteiger partial charge is 0.484 e. The maximum absolute atomic E-state index is 11.7. The van der Waals surface area contributed by atoms with Crippen molar-refractivity contribution in [2.45, 2.75) is 19.9 Å². The van der Waals surface area contributed by atoms with Crippen molar-refractivity contribution >= 4 is 5.91 Å². The Morgan fingerprint density at radius 1 is 1.41 bits per heavy atom. The molecule has 0 bridgehead atoms. The number of nitrogens with zero attached hydrogens (tertiary/aromatic N) is 1. The zero-order chi connectivity index (χ0) is 12.8. The SMILES string of the molecule is Cc1ccc(OCC(=O)N(C)C(C)CO)cc1. The molecule has 1 unspecified atom stereocenters. The van der Waals surface area contributed by atoms with Gasteiger partial charge in [0.25, 0.3) is 5.91 Å². The topological polar surface area (TPSA) is 49.8 Å². The molecule has 17 heavy (non-hydrogen) atoms. The van der Waals surface area contributed by atoms with Gasteiger partial charge < -0.3 is 14.7 Å². The van der Waals surface area contributed by atoms with E-state index in [9.17, 15) is 4.79 Å². The summed E-state index contributed by atoms with van der Waals surface area (Å²) in [7, 11) is 1.65. The number of amides is 1. The Morgan fingerprint density at radius 2 is 2.00 bits per heavy atom. The van der Waals surface area contributed by atoms with E-state index in [2.05, 4.69) is 0 Å². The summed E-state index contributed by atoms with van der Waals surface area (Å²) in [6.45, 7) is 3.71. The van der Waals surface area contributed by atoms with Gasteiger partial charge in [0.2, 0.25) is 0 Å². The number of hydrogen-bond donors (Lipinski definition) is 1. The van der Waals surface area contributed by atoms with Crippen LogP contribution in [0, 0.1) is 6.92 Å². The molecule has 0 spiro atoms. The molecule has 0 aromatic heterocycles. The van der Waals surface area contributed by atoms with E-state index in [-0.39, 0.29) is 25.2 Å². The lowest BCUT2D eigenvalue weighted by molar-refractivity contribution is -0.134. The molecule has 0 saturated carbocycles. The quantitative estimate of drug-likeness (QED) is 0.837. The minimum Gasteiger partial charge on any atom is -0.484 e. The standard InChI is InChI=1S/C13H19NO3/c1-10-4-6-12(7-5-10)17-9-13(16)14(3)11(2)8-15/h4-7,11,15H,8-9H2,1-3H3. The van der Waals surface area contributed by atoms with Crippen molar-refractivity contribution in [3.05, 3.63) is 29.8 Å². The molecule has 1 aromatic rings. The van der Waals surface area contributed by atoms with Crippen molar-refractivity contribution in [1.82, 2.24) is 4.90 Å². The highest BCUT2D eigenvalue weighted by Crippen LogP contribution is 2.11. The molecule has 94 valence electrons. The van der Waals surface area contributed by atoms with Gasteiger partial charge in [-0.05, 0) is 26.0 Å². The number of aliphatic hydroxyl groups is 1. The molecule has 0 aliphatic rings. The number of ether oxygens (including phenoxy) is 1. The van der Waals surface area contributed by atoms with Crippen LogP contribution in [0.4, 0.5) is 0 Å². The zero-order valence-corrected chi connectivity index (χ0v) is 10.5. The second-order valence-electron chi connectivity index (χ2n) is 4.14. The number of aryl methyl sites for hydroxylation is 1. The lowest BCUT2D eigenvalue weighted by Gasteiger charge is -2.23. The molecule has 1 aromatic carbocycles. The Morgan fingerprint density at radius 3 is 2.53 bits per heavy atom. The van der Waals surface area contributed by atoms with Crippen molar-refractivity contribution in [3.8, 4) is 5.75 Å². The summed E-state index contributed by atoms with van der Waals surface area (Å²) in [6, 6.07) is 7.33. The second-order valence-corrected chi connectivity index (χ2v) is 4.14. The second kappa shape index (κ2) is 6.25. The number of likely N-dealkylation sites (N-methyl/N-ethyl adjacent to an activating group) is 1. The van der Waals surface area contributed by atoms with Crippen molar-refractivity contribution in [1.29, 1.82) is 0 Å². The number of aliphatic hydroxyl groups excluding tert-OH is 1. The van der Waals surface area contributed by atoms with Crippen LogP contribution in [0.25, 0.3) is 0 Å². The molecular weight excluding hydrogens is 218 g/mol. The molecule has 1 amide bonds. The van der Waals surface area contributed by atoms with Gasteiger partial charge in [0.15, 0.2) is 6.61 Å². The summed E-state index contributed by atoms with van der Waals surface area (Å²) < 4.78 is 5.37. The van der Waals surface area contributed by atoms with E-state index in [0.29, 0.717) is 5.75 Å². The molecule has 4 heteroatoms. The molecule has 1 rings (SSSR count). The minimum absolute atomic E-state index is 0.0100. The Labute approximate surface area is 102 Å². The molecule has 0 radical (unpaired) electrons. The summed E-state index contributed by atoms with van der Waals surface area (Å²) in [5, 5.41) is 8.94. The minimum atomic E-state index is -0.191. The summed E-state index contributed by atoms with van der Waals surface area (Å²) >= 11 is 0. The van der Waals surface area contributed by atoms with Crippen molar-refractivity contribution in [2.24, 2.45) is 0 Å². The Balaban J connectivity index is 2.45. The third-order valence-corrected chi connectivity index (χ3v) is 2.70. The highest BCUT2D eigenvalue weighted by molar-refractivity contribution is 5.77. The molecule has 4 nitrogen and oxygen atoms in total. The number of rotatable bonds is 5. The van der Waals surface area contributed by atoms with Crippen molar-refractivity contribution in [3.63, 3.8) is 0 Å². The lowest BCUT2D eigenvalue weighted by atomic mass is 10.2. The maximum atomic E-state index is 11.7. The molecule has 1 N–H and O–H groups in total. The number of carbonyl (C=O) groups is 1. The summed E-state index contributed by atoms with van der Waals surface area (Å²) in [5.41, 5.74) is 1.15. The molecular formula is C13H19NO3. The van der Waals surface area contributed by atoms with Crippen LogP contribution in [0.5, 0.6) is 5.75 Å². The van der Waals surface area contributed by atoms with E-state index < -0.39 is 0 Å². The Hall–Kier alpha value is -1.55. The molecule has 1 atom stereocenters. The normalized spacial score (nSPS) is 12.0. The smallest absolute Gasteiger partial charge is 0.260 e. The van der Waals surface area contributed by atoms with Gasteiger partial charge in [-0.1, -0.05) is 17.7 Å². The average molecular weight is 237 g/mol. The van der Waals surface area contributed by atoms with E-state index in [0.717, 1.165) is 5.56 Å². The highest BCUT2D eigenvalue weighted by Gasteiger charge is 2.15. The molecule has 0 aliphatic heterocycles. The van der Waals surface area contributed by atoms with E-state index in [1.165, 1.54) is 4.90 Å². The van der Waals surface area contributed by atoms with Crippen LogP contribution >= 0.6 is 0 Å². The predicted octanol–water partition coefficient (Wildman–Crippen LogP) is 1.21. The summed E-state index contributed by atoms with van der Waals surface area (Å²) in [5.74, 6) is 0.529. The molecule has 0 heterocycles. The average Bonchev–Trinajstić information content (AvgIpc) is 2.35. The monoisotopic (exact) mass is 237 g/mol. The highest BCUT2D eigenvalue weighted by atomic mass is 16.5. The fourth-order valence-electron chi connectivity index (χ4n) is 1.25. The van der Waals surface area contributed by atoms with Crippen LogP contribution < -0.4 is 4.74 Å². The number of carbonyl (C=O) groups excluding carboxylic acids is 1. The third kappa shape index (κ3) is 4.07. The van der Waals surface area contributed by atoms with Gasteiger partial charge >= 0.3 is 0 Å². The molecule has 0 saturated heterocycles. The van der Waals surface area contributed by atoms with Gasteiger partial charge in [-0.3, -0.25) is 4.79 Å². The van der Waals surface area contributed by atoms with Crippen LogP contribution in [-0.4, -0.2) is 42.2 Å². The molecule has 0 fully saturated rings. The predicted molar refractivity (Wildman–Crippen MR) is 66.0 cm³/mol. The van der Waals surface area contributed by atoms with Gasteiger partial charge in [-0.25, -0.2) is 0 Å². The first-order valence-corrected chi connectivity index (χ1v) is 5.60. The van der Waals surface area contributed by atoms with Gasteiger partial charge in [0, 0.05) is 7.05 Å². The first-order chi connectivity index (χ1) is 8.04. The zero-order valence-electron chi connectivity index (χ0n) is 10.5. The fourth-order valence-corrected chi connectivity index (χ4v) is 1.25. The third-order valence-electron chi connectivity index (χ3n) is 2.70. The van der Waals surface area contributed by atoms with Gasteiger partial charge in [-0.2, -0.15) is 0 Å². The Kier molecular flexibility index (Phi) is 4.97. The van der Waals surface area contributed by atoms with E-state index in [4.69, 9.17) is 9.84 Å².